The van der Waals surface area contributed by atoms with Crippen LogP contribution in [-0.4, -0.2) is 34.9 Å². The van der Waals surface area contributed by atoms with Crippen LogP contribution in [0.15, 0.2) is 47.6 Å². The van der Waals surface area contributed by atoms with Crippen molar-refractivity contribution >= 4 is 17.5 Å². The average molecular weight is 382 g/mol. The Hall–Kier alpha value is -2.27. The molecule has 4 aliphatic rings. The Labute approximate surface area is 164 Å². The van der Waals surface area contributed by atoms with E-state index in [1.807, 2.05) is 19.1 Å². The number of allylic oxidation sites excluding steroid dienone is 8. The second-order valence-electron chi connectivity index (χ2n) is 8.91. The Bertz CT molecular complexity index is 891. The van der Waals surface area contributed by atoms with Crippen LogP contribution < -0.4 is 0 Å². The van der Waals surface area contributed by atoms with Gasteiger partial charge in [0, 0.05) is 23.7 Å². The monoisotopic (exact) mass is 382 g/mol. The molecule has 1 fully saturated rings. The molecule has 0 saturated heterocycles. The van der Waals surface area contributed by atoms with Crippen LogP contribution in [0.3, 0.4) is 0 Å². The van der Waals surface area contributed by atoms with E-state index in [4.69, 9.17) is 4.74 Å². The molecule has 5 nitrogen and oxygen atoms in total. The fourth-order valence-electron chi connectivity index (χ4n) is 5.77. The molecule has 0 aromatic carbocycles. The van der Waals surface area contributed by atoms with Crippen LogP contribution in [0.1, 0.15) is 40.0 Å². The molecule has 1 N–H and O–H groups in total. The topological polar surface area (TPSA) is 80.7 Å². The third-order valence-corrected chi connectivity index (χ3v) is 7.55. The average Bonchev–Trinajstić information content (AvgIpc) is 2.92. The standard InChI is InChI=1S/C23H26O5/c1-14(24)28-13-20(26)23(27)11-8-19-17-5-4-15-12-16(25)6-9-21(15,2)18(17)7-10-22(19,23)3/h4-7,9,12,17,19,27H,8,10-11,13H2,1-3H3/t17-,19+,21+,22+,23+/m1/s1. The van der Waals surface area contributed by atoms with E-state index >= 15 is 0 Å². The number of fused-ring (bicyclic) bond motifs is 5. The summed E-state index contributed by atoms with van der Waals surface area (Å²) in [5, 5.41) is 11.4. The molecule has 4 aliphatic carbocycles. The van der Waals surface area contributed by atoms with Gasteiger partial charge in [-0.25, -0.2) is 0 Å². The highest BCUT2D eigenvalue weighted by atomic mass is 16.5. The summed E-state index contributed by atoms with van der Waals surface area (Å²) in [6.45, 7) is 4.97. The van der Waals surface area contributed by atoms with E-state index in [1.165, 1.54) is 12.5 Å². The van der Waals surface area contributed by atoms with Gasteiger partial charge in [0.05, 0.1) is 0 Å². The van der Waals surface area contributed by atoms with Gasteiger partial charge in [-0.2, -0.15) is 0 Å². The number of Topliss-reactive ketones (excluding diaryl/α,β-unsaturated/α-hetero) is 1. The predicted molar refractivity (Wildman–Crippen MR) is 103 cm³/mol. The summed E-state index contributed by atoms with van der Waals surface area (Å²) >= 11 is 0. The molecule has 0 heterocycles. The minimum Gasteiger partial charge on any atom is -0.458 e. The summed E-state index contributed by atoms with van der Waals surface area (Å²) in [6.07, 6.45) is 13.2. The lowest BCUT2D eigenvalue weighted by Crippen LogP contribution is -2.55. The number of ether oxygens (including phenoxy) is 1. The number of esters is 1. The zero-order valence-electron chi connectivity index (χ0n) is 16.5. The molecule has 0 spiro atoms. The van der Waals surface area contributed by atoms with Crippen molar-refractivity contribution < 1.29 is 24.2 Å². The highest BCUT2D eigenvalue weighted by Gasteiger charge is 2.63. The maximum Gasteiger partial charge on any atom is 0.303 e. The first kappa shape index (κ1) is 19.1. The Morgan fingerprint density at radius 2 is 2.04 bits per heavy atom. The molecule has 148 valence electrons. The van der Waals surface area contributed by atoms with Crippen molar-refractivity contribution in [3.63, 3.8) is 0 Å². The minimum atomic E-state index is -1.50. The molecule has 0 unspecified atom stereocenters. The fourth-order valence-corrected chi connectivity index (χ4v) is 5.77. The van der Waals surface area contributed by atoms with Gasteiger partial charge >= 0.3 is 5.97 Å². The number of carbonyl (C=O) groups is 3. The molecular formula is C23H26O5. The molecule has 0 aliphatic heterocycles. The van der Waals surface area contributed by atoms with Gasteiger partial charge in [0.25, 0.3) is 0 Å². The van der Waals surface area contributed by atoms with E-state index in [9.17, 15) is 19.5 Å². The lowest BCUT2D eigenvalue weighted by atomic mass is 9.53. The van der Waals surface area contributed by atoms with Crippen LogP contribution in [0.5, 0.6) is 0 Å². The van der Waals surface area contributed by atoms with E-state index in [-0.39, 0.29) is 29.6 Å². The first-order valence-electron chi connectivity index (χ1n) is 9.85. The first-order valence-corrected chi connectivity index (χ1v) is 9.85. The SMILES string of the molecule is CC(=O)OCC(=O)[C@@]1(O)CC[C@H]2[C@@H]3C=CC4=CC(=O)C=C[C@]4(C)C3=CC[C@@]21C. The maximum absolute atomic E-state index is 12.8. The van der Waals surface area contributed by atoms with E-state index < -0.39 is 22.8 Å². The summed E-state index contributed by atoms with van der Waals surface area (Å²) in [7, 11) is 0. The smallest absolute Gasteiger partial charge is 0.303 e. The molecule has 28 heavy (non-hydrogen) atoms. The van der Waals surface area contributed by atoms with Gasteiger partial charge in [0.1, 0.15) is 5.60 Å². The van der Waals surface area contributed by atoms with Crippen LogP contribution in [0.25, 0.3) is 0 Å². The Kier molecular flexibility index (Phi) is 4.16. The van der Waals surface area contributed by atoms with Gasteiger partial charge in [-0.1, -0.05) is 36.8 Å². The van der Waals surface area contributed by atoms with E-state index in [2.05, 4.69) is 19.1 Å². The molecular weight excluding hydrogens is 356 g/mol. The van der Waals surface area contributed by atoms with Crippen molar-refractivity contribution in [3.05, 3.63) is 47.6 Å². The summed E-state index contributed by atoms with van der Waals surface area (Å²) in [5.74, 6) is -0.722. The third kappa shape index (κ3) is 2.45. The van der Waals surface area contributed by atoms with Crippen molar-refractivity contribution in [2.75, 3.05) is 6.61 Å². The normalized spacial score (nSPS) is 40.8. The van der Waals surface area contributed by atoms with Gasteiger partial charge in [0.15, 0.2) is 12.4 Å². The lowest BCUT2D eigenvalue weighted by molar-refractivity contribution is -0.162. The molecule has 0 bridgehead atoms. The van der Waals surface area contributed by atoms with Crippen molar-refractivity contribution in [3.8, 4) is 0 Å². The van der Waals surface area contributed by atoms with Gasteiger partial charge in [-0.3, -0.25) is 14.4 Å². The van der Waals surface area contributed by atoms with E-state index in [0.29, 0.717) is 12.8 Å². The van der Waals surface area contributed by atoms with Crippen molar-refractivity contribution in [2.24, 2.45) is 22.7 Å². The summed E-state index contributed by atoms with van der Waals surface area (Å²) in [5.41, 5.74) is -0.209. The Balaban J connectivity index is 1.70. The summed E-state index contributed by atoms with van der Waals surface area (Å²) in [4.78, 5) is 35.7. The zero-order valence-corrected chi connectivity index (χ0v) is 16.5. The van der Waals surface area contributed by atoms with Crippen LogP contribution >= 0.6 is 0 Å². The van der Waals surface area contributed by atoms with Crippen molar-refractivity contribution in [2.45, 2.75) is 45.6 Å². The van der Waals surface area contributed by atoms with E-state index in [1.54, 1.807) is 12.2 Å². The molecule has 5 heteroatoms. The van der Waals surface area contributed by atoms with Crippen LogP contribution in [0.2, 0.25) is 0 Å². The lowest BCUT2D eigenvalue weighted by Gasteiger charge is -2.51. The van der Waals surface area contributed by atoms with Gasteiger partial charge in [-0.15, -0.1) is 0 Å². The number of carbonyl (C=O) groups excluding carboxylic acids is 3. The molecule has 4 rings (SSSR count). The quantitative estimate of drug-likeness (QED) is 0.600. The molecule has 0 radical (unpaired) electrons. The number of rotatable bonds is 3. The fraction of sp³-hybridized carbons (Fsp3) is 0.522. The molecule has 0 aromatic rings. The van der Waals surface area contributed by atoms with E-state index in [0.717, 1.165) is 12.0 Å². The maximum atomic E-state index is 12.8. The number of hydrogen-bond acceptors (Lipinski definition) is 5. The number of aliphatic hydroxyl groups is 1. The third-order valence-electron chi connectivity index (χ3n) is 7.55. The molecule has 0 amide bonds. The number of ketones is 2. The Morgan fingerprint density at radius 1 is 1.29 bits per heavy atom. The summed E-state index contributed by atoms with van der Waals surface area (Å²) in [6, 6.07) is 0. The van der Waals surface area contributed by atoms with Crippen molar-refractivity contribution in [1.29, 1.82) is 0 Å². The molecule has 1 saturated carbocycles. The predicted octanol–water partition coefficient (Wildman–Crippen LogP) is 2.85. The zero-order chi connectivity index (χ0) is 20.3. The molecule has 0 aromatic heterocycles. The number of hydrogen-bond donors (Lipinski definition) is 1. The van der Waals surface area contributed by atoms with Gasteiger partial charge in [0.2, 0.25) is 5.78 Å². The Morgan fingerprint density at radius 3 is 2.75 bits per heavy atom. The second-order valence-corrected chi connectivity index (χ2v) is 8.91. The largest absolute Gasteiger partial charge is 0.458 e. The van der Waals surface area contributed by atoms with Gasteiger partial charge in [-0.05, 0) is 49.8 Å². The highest BCUT2D eigenvalue weighted by Crippen LogP contribution is 2.63. The minimum absolute atomic E-state index is 0.00290. The summed E-state index contributed by atoms with van der Waals surface area (Å²) < 4.78 is 4.88. The highest BCUT2D eigenvalue weighted by molar-refractivity contribution is 6.02. The van der Waals surface area contributed by atoms with Crippen LogP contribution in [0.4, 0.5) is 0 Å². The molecule has 5 atom stereocenters. The van der Waals surface area contributed by atoms with Gasteiger partial charge < -0.3 is 9.84 Å². The van der Waals surface area contributed by atoms with Crippen LogP contribution in [-0.2, 0) is 19.1 Å². The van der Waals surface area contributed by atoms with Crippen LogP contribution in [0, 0.1) is 22.7 Å². The first-order chi connectivity index (χ1) is 13.1. The second kappa shape index (κ2) is 6.11. The van der Waals surface area contributed by atoms with Crippen molar-refractivity contribution in [1.82, 2.24) is 0 Å².